The highest BCUT2D eigenvalue weighted by Gasteiger charge is 2.15. The number of carbonyl (C=O) groups is 2. The molecule has 2 aromatic rings. The lowest BCUT2D eigenvalue weighted by atomic mass is 10.1. The molecule has 0 saturated carbocycles. The Morgan fingerprint density at radius 2 is 1.80 bits per heavy atom. The number of rotatable bonds is 3. The number of hydrogen-bond donors (Lipinski definition) is 1. The second-order valence-corrected chi connectivity index (χ2v) is 4.44. The Morgan fingerprint density at radius 3 is 2.45 bits per heavy atom. The zero-order chi connectivity index (χ0) is 14.5. The summed E-state index contributed by atoms with van der Waals surface area (Å²) in [5.41, 5.74) is 1.07. The van der Waals surface area contributed by atoms with Crippen molar-refractivity contribution in [1.29, 1.82) is 0 Å². The van der Waals surface area contributed by atoms with Crippen LogP contribution in [0, 0.1) is 0 Å². The van der Waals surface area contributed by atoms with Crippen LogP contribution in [0.4, 0.5) is 5.69 Å². The van der Waals surface area contributed by atoms with Crippen LogP contribution in [0.3, 0.4) is 0 Å². The minimum atomic E-state index is -0.559. The molecule has 0 fully saturated rings. The lowest BCUT2D eigenvalue weighted by Gasteiger charge is -2.10. The molecule has 0 heterocycles. The fourth-order valence-electron chi connectivity index (χ4n) is 1.69. The van der Waals surface area contributed by atoms with Gasteiger partial charge in [-0.2, -0.15) is 0 Å². The van der Waals surface area contributed by atoms with Crippen LogP contribution in [-0.4, -0.2) is 19.0 Å². The summed E-state index contributed by atoms with van der Waals surface area (Å²) in [5, 5.41) is 3.06. The first-order chi connectivity index (χ1) is 9.61. The summed E-state index contributed by atoms with van der Waals surface area (Å²) in [5.74, 6) is -0.867. The number of esters is 1. The zero-order valence-corrected chi connectivity index (χ0v) is 11.5. The van der Waals surface area contributed by atoms with Crippen molar-refractivity contribution in [2.75, 3.05) is 12.4 Å². The van der Waals surface area contributed by atoms with E-state index in [4.69, 9.17) is 11.6 Å². The van der Waals surface area contributed by atoms with Gasteiger partial charge in [0.05, 0.1) is 18.4 Å². The smallest absolute Gasteiger partial charge is 0.340 e. The van der Waals surface area contributed by atoms with E-state index >= 15 is 0 Å². The number of benzene rings is 2. The Hall–Kier alpha value is -2.33. The Balaban J connectivity index is 2.30. The minimum absolute atomic E-state index is 0.212. The molecule has 5 heteroatoms. The normalized spacial score (nSPS) is 9.90. The number of amides is 1. The minimum Gasteiger partial charge on any atom is -0.465 e. The fraction of sp³-hybridized carbons (Fsp3) is 0.0667. The standard InChI is InChI=1S/C15H12ClNO3/c1-20-15(19)12-9-11(16)7-8-13(12)17-14(18)10-5-3-2-4-6-10/h2-9H,1H3,(H,17,18). The van der Waals surface area contributed by atoms with Crippen LogP contribution in [0.15, 0.2) is 48.5 Å². The van der Waals surface area contributed by atoms with Gasteiger partial charge in [-0.05, 0) is 30.3 Å². The quantitative estimate of drug-likeness (QED) is 0.881. The molecule has 0 aliphatic rings. The Kier molecular flexibility index (Phi) is 4.38. The first-order valence-corrected chi connectivity index (χ1v) is 6.24. The van der Waals surface area contributed by atoms with Crippen molar-refractivity contribution in [3.8, 4) is 0 Å². The van der Waals surface area contributed by atoms with Crippen LogP contribution in [-0.2, 0) is 4.74 Å². The van der Waals surface area contributed by atoms with Crippen molar-refractivity contribution < 1.29 is 14.3 Å². The molecule has 0 unspecified atom stereocenters. The Bertz CT molecular complexity index is 641. The lowest BCUT2D eigenvalue weighted by molar-refractivity contribution is 0.0602. The molecule has 102 valence electrons. The molecular formula is C15H12ClNO3. The Morgan fingerprint density at radius 1 is 1.10 bits per heavy atom. The highest BCUT2D eigenvalue weighted by atomic mass is 35.5. The van der Waals surface area contributed by atoms with E-state index in [1.54, 1.807) is 36.4 Å². The van der Waals surface area contributed by atoms with Crippen LogP contribution in [0.1, 0.15) is 20.7 Å². The zero-order valence-electron chi connectivity index (χ0n) is 10.7. The molecule has 0 saturated heterocycles. The summed E-state index contributed by atoms with van der Waals surface area (Å²) in [7, 11) is 1.27. The SMILES string of the molecule is COC(=O)c1cc(Cl)ccc1NC(=O)c1ccccc1. The van der Waals surface area contributed by atoms with E-state index in [-0.39, 0.29) is 11.5 Å². The molecule has 0 bridgehead atoms. The van der Waals surface area contributed by atoms with E-state index in [1.807, 2.05) is 6.07 Å². The van der Waals surface area contributed by atoms with Crippen molar-refractivity contribution in [2.45, 2.75) is 0 Å². The molecule has 1 amide bonds. The van der Waals surface area contributed by atoms with Gasteiger partial charge in [0.25, 0.3) is 5.91 Å². The molecule has 0 aliphatic heterocycles. The van der Waals surface area contributed by atoms with Crippen LogP contribution >= 0.6 is 11.6 Å². The third-order valence-corrected chi connectivity index (χ3v) is 2.91. The first kappa shape index (κ1) is 14.1. The molecule has 0 aromatic heterocycles. The number of hydrogen-bond acceptors (Lipinski definition) is 3. The number of ether oxygens (including phenoxy) is 1. The maximum Gasteiger partial charge on any atom is 0.340 e. The molecule has 0 radical (unpaired) electrons. The molecule has 20 heavy (non-hydrogen) atoms. The summed E-state index contributed by atoms with van der Waals surface area (Å²) in [6.45, 7) is 0. The molecule has 4 nitrogen and oxygen atoms in total. The molecule has 2 aromatic carbocycles. The van der Waals surface area contributed by atoms with Gasteiger partial charge >= 0.3 is 5.97 Å². The average Bonchev–Trinajstić information content (AvgIpc) is 2.49. The highest BCUT2D eigenvalue weighted by Crippen LogP contribution is 2.22. The largest absolute Gasteiger partial charge is 0.465 e. The number of carbonyl (C=O) groups excluding carboxylic acids is 2. The van der Waals surface area contributed by atoms with Gasteiger partial charge in [-0.15, -0.1) is 0 Å². The van der Waals surface area contributed by atoms with Crippen LogP contribution in [0.5, 0.6) is 0 Å². The molecule has 0 aliphatic carbocycles. The predicted octanol–water partition coefficient (Wildman–Crippen LogP) is 3.38. The van der Waals surface area contributed by atoms with E-state index in [2.05, 4.69) is 10.1 Å². The molecule has 1 N–H and O–H groups in total. The van der Waals surface area contributed by atoms with Gasteiger partial charge in [0, 0.05) is 10.6 Å². The maximum atomic E-state index is 12.1. The van der Waals surface area contributed by atoms with Crippen molar-refractivity contribution in [2.24, 2.45) is 0 Å². The highest BCUT2D eigenvalue weighted by molar-refractivity contribution is 6.31. The van der Waals surface area contributed by atoms with E-state index < -0.39 is 5.97 Å². The summed E-state index contributed by atoms with van der Waals surface area (Å²) >= 11 is 5.85. The summed E-state index contributed by atoms with van der Waals surface area (Å²) in [6.07, 6.45) is 0. The van der Waals surface area contributed by atoms with Gasteiger partial charge in [-0.1, -0.05) is 29.8 Å². The van der Waals surface area contributed by atoms with Gasteiger partial charge < -0.3 is 10.1 Å². The van der Waals surface area contributed by atoms with Crippen LogP contribution < -0.4 is 5.32 Å². The number of nitrogens with one attached hydrogen (secondary N) is 1. The average molecular weight is 290 g/mol. The lowest BCUT2D eigenvalue weighted by Crippen LogP contribution is -2.15. The van der Waals surface area contributed by atoms with Crippen LogP contribution in [0.25, 0.3) is 0 Å². The maximum absolute atomic E-state index is 12.1. The second kappa shape index (κ2) is 6.21. The third-order valence-electron chi connectivity index (χ3n) is 2.67. The topological polar surface area (TPSA) is 55.4 Å². The van der Waals surface area contributed by atoms with Crippen molar-refractivity contribution in [3.05, 3.63) is 64.7 Å². The molecular weight excluding hydrogens is 278 g/mol. The third kappa shape index (κ3) is 3.16. The van der Waals surface area contributed by atoms with Gasteiger partial charge in [-0.25, -0.2) is 4.79 Å². The van der Waals surface area contributed by atoms with E-state index in [9.17, 15) is 9.59 Å². The van der Waals surface area contributed by atoms with Crippen molar-refractivity contribution >= 4 is 29.2 Å². The predicted molar refractivity (Wildman–Crippen MR) is 77.2 cm³/mol. The number of halogens is 1. The summed E-state index contributed by atoms with van der Waals surface area (Å²) < 4.78 is 4.67. The first-order valence-electron chi connectivity index (χ1n) is 5.86. The van der Waals surface area contributed by atoms with E-state index in [0.29, 0.717) is 16.3 Å². The molecule has 0 spiro atoms. The van der Waals surface area contributed by atoms with Gasteiger partial charge in [0.2, 0.25) is 0 Å². The van der Waals surface area contributed by atoms with Gasteiger partial charge in [-0.3, -0.25) is 4.79 Å². The molecule has 0 atom stereocenters. The summed E-state index contributed by atoms with van der Waals surface area (Å²) in [4.78, 5) is 23.7. The van der Waals surface area contributed by atoms with Gasteiger partial charge in [0.1, 0.15) is 0 Å². The van der Waals surface area contributed by atoms with Crippen molar-refractivity contribution in [1.82, 2.24) is 0 Å². The van der Waals surface area contributed by atoms with Gasteiger partial charge in [0.15, 0.2) is 0 Å². The molecule has 2 rings (SSSR count). The van der Waals surface area contributed by atoms with Crippen molar-refractivity contribution in [3.63, 3.8) is 0 Å². The monoisotopic (exact) mass is 289 g/mol. The Labute approximate surface area is 121 Å². The fourth-order valence-corrected chi connectivity index (χ4v) is 1.86. The van der Waals surface area contributed by atoms with E-state index in [0.717, 1.165) is 0 Å². The number of anilines is 1. The number of methoxy groups -OCH3 is 1. The van der Waals surface area contributed by atoms with Crippen LogP contribution in [0.2, 0.25) is 5.02 Å². The van der Waals surface area contributed by atoms with E-state index in [1.165, 1.54) is 13.2 Å². The second-order valence-electron chi connectivity index (χ2n) is 4.00. The summed E-state index contributed by atoms with van der Waals surface area (Å²) in [6, 6.07) is 13.3.